The molecule has 0 saturated heterocycles. The fourth-order valence-corrected chi connectivity index (χ4v) is 2.16. The molecular weight excluding hydrogens is 324 g/mol. The number of carbonyl (C=O) groups excluding carboxylic acids is 3. The number of ether oxygens (including phenoxy) is 1. The summed E-state index contributed by atoms with van der Waals surface area (Å²) in [5, 5.41) is 15.7. The molecule has 7 heteroatoms. The van der Waals surface area contributed by atoms with Crippen LogP contribution in [0.15, 0.2) is 48.5 Å². The van der Waals surface area contributed by atoms with Crippen molar-refractivity contribution in [2.24, 2.45) is 0 Å². The molecule has 2 aromatic carbocycles. The van der Waals surface area contributed by atoms with Gasteiger partial charge in [0.2, 0.25) is 5.91 Å². The van der Waals surface area contributed by atoms with Crippen molar-refractivity contribution < 1.29 is 24.2 Å². The summed E-state index contributed by atoms with van der Waals surface area (Å²) in [5.74, 6) is -1.74. The predicted molar refractivity (Wildman–Crippen MR) is 90.3 cm³/mol. The van der Waals surface area contributed by atoms with Gasteiger partial charge in [0.25, 0.3) is 5.91 Å². The smallest absolute Gasteiger partial charge is 0.257 e. The highest BCUT2D eigenvalue weighted by Crippen LogP contribution is 2.25. The van der Waals surface area contributed by atoms with E-state index < -0.39 is 17.8 Å². The van der Waals surface area contributed by atoms with E-state index in [0.717, 1.165) is 0 Å². The van der Waals surface area contributed by atoms with Crippen molar-refractivity contribution in [3.8, 4) is 5.75 Å². The number of aliphatic carboxylic acids is 1. The van der Waals surface area contributed by atoms with E-state index in [9.17, 15) is 19.5 Å². The molecule has 0 heterocycles. The lowest BCUT2D eigenvalue weighted by molar-refractivity contribution is -0.305. The molecule has 7 nitrogen and oxygen atoms in total. The van der Waals surface area contributed by atoms with Crippen LogP contribution in [0, 0.1) is 0 Å². The fourth-order valence-electron chi connectivity index (χ4n) is 2.16. The van der Waals surface area contributed by atoms with Gasteiger partial charge in [-0.05, 0) is 30.7 Å². The lowest BCUT2D eigenvalue weighted by Crippen LogP contribution is -2.24. The van der Waals surface area contributed by atoms with Gasteiger partial charge in [-0.2, -0.15) is 0 Å². The van der Waals surface area contributed by atoms with Crippen LogP contribution in [0.25, 0.3) is 0 Å². The van der Waals surface area contributed by atoms with Gasteiger partial charge in [0.15, 0.2) is 0 Å². The molecule has 0 atom stereocenters. The van der Waals surface area contributed by atoms with Gasteiger partial charge in [-0.15, -0.1) is 0 Å². The predicted octanol–water partition coefficient (Wildman–Crippen LogP) is 1.42. The number of anilines is 2. The molecule has 2 aromatic rings. The van der Waals surface area contributed by atoms with E-state index in [-0.39, 0.29) is 18.4 Å². The summed E-state index contributed by atoms with van der Waals surface area (Å²) in [5.41, 5.74) is 1.03. The summed E-state index contributed by atoms with van der Waals surface area (Å²) in [4.78, 5) is 34.8. The van der Waals surface area contributed by atoms with Gasteiger partial charge in [0.05, 0.1) is 24.0 Å². The number of para-hydroxylation sites is 3. The van der Waals surface area contributed by atoms with E-state index in [1.165, 1.54) is 7.11 Å². The molecule has 25 heavy (non-hydrogen) atoms. The van der Waals surface area contributed by atoms with Crippen LogP contribution in [0.5, 0.6) is 5.75 Å². The molecule has 2 N–H and O–H groups in total. The number of rotatable bonds is 7. The van der Waals surface area contributed by atoms with Crippen LogP contribution in [-0.2, 0) is 9.59 Å². The highest BCUT2D eigenvalue weighted by molar-refractivity contribution is 6.10. The molecular formula is C18H17N2O5-. The van der Waals surface area contributed by atoms with E-state index in [4.69, 9.17) is 4.74 Å². The molecule has 2 rings (SSSR count). The van der Waals surface area contributed by atoms with Crippen LogP contribution >= 0.6 is 0 Å². The summed E-state index contributed by atoms with van der Waals surface area (Å²) in [6, 6.07) is 13.4. The van der Waals surface area contributed by atoms with Gasteiger partial charge in [-0.1, -0.05) is 24.3 Å². The van der Waals surface area contributed by atoms with Gasteiger partial charge in [-0.25, -0.2) is 0 Å². The minimum absolute atomic E-state index is 0.231. The summed E-state index contributed by atoms with van der Waals surface area (Å²) in [6.45, 7) is 0. The number of hydrogen-bond acceptors (Lipinski definition) is 5. The minimum Gasteiger partial charge on any atom is -0.550 e. The molecule has 0 fully saturated rings. The molecule has 0 aliphatic rings. The Hall–Kier alpha value is -3.35. The number of amides is 2. The van der Waals surface area contributed by atoms with Crippen LogP contribution < -0.4 is 20.5 Å². The normalized spacial score (nSPS) is 9.96. The standard InChI is InChI=1S/C18H18N2O5/c1-25-15-9-5-4-8-14(15)20-18(24)12-6-2-3-7-13(12)19-16(21)10-11-17(22)23/h2-9H,10-11H2,1H3,(H,19,21)(H,20,24)(H,22,23)/p-1. The first-order valence-corrected chi connectivity index (χ1v) is 7.54. The SMILES string of the molecule is COc1ccccc1NC(=O)c1ccccc1NC(=O)CCC(=O)[O-]. The van der Waals surface area contributed by atoms with Crippen molar-refractivity contribution in [2.75, 3.05) is 17.7 Å². The molecule has 0 bridgehead atoms. The Labute approximate surface area is 144 Å². The van der Waals surface area contributed by atoms with Crippen LogP contribution in [-0.4, -0.2) is 24.9 Å². The number of carbonyl (C=O) groups is 3. The van der Waals surface area contributed by atoms with Crippen LogP contribution in [0.2, 0.25) is 0 Å². The zero-order valence-corrected chi connectivity index (χ0v) is 13.6. The number of benzene rings is 2. The highest BCUT2D eigenvalue weighted by atomic mass is 16.5. The molecule has 0 spiro atoms. The Bertz CT molecular complexity index is 789. The molecule has 0 radical (unpaired) electrons. The zero-order chi connectivity index (χ0) is 18.2. The number of nitrogens with one attached hydrogen (secondary N) is 2. The Morgan fingerprint density at radius 1 is 0.920 bits per heavy atom. The quantitative estimate of drug-likeness (QED) is 0.792. The third-order valence-corrected chi connectivity index (χ3v) is 3.36. The van der Waals surface area contributed by atoms with Crippen LogP contribution in [0.1, 0.15) is 23.2 Å². The van der Waals surface area contributed by atoms with E-state index in [2.05, 4.69) is 10.6 Å². The van der Waals surface area contributed by atoms with Crippen LogP contribution in [0.4, 0.5) is 11.4 Å². The van der Waals surface area contributed by atoms with Crippen molar-refractivity contribution in [2.45, 2.75) is 12.8 Å². The second kappa shape index (κ2) is 8.49. The van der Waals surface area contributed by atoms with Gasteiger partial charge in [-0.3, -0.25) is 9.59 Å². The molecule has 130 valence electrons. The lowest BCUT2D eigenvalue weighted by Gasteiger charge is -2.13. The van der Waals surface area contributed by atoms with Crippen molar-refractivity contribution in [1.29, 1.82) is 0 Å². The Morgan fingerprint density at radius 2 is 1.56 bits per heavy atom. The van der Waals surface area contributed by atoms with E-state index >= 15 is 0 Å². The largest absolute Gasteiger partial charge is 0.550 e. The van der Waals surface area contributed by atoms with E-state index in [1.807, 2.05) is 0 Å². The number of hydrogen-bond donors (Lipinski definition) is 2. The van der Waals surface area contributed by atoms with Crippen LogP contribution in [0.3, 0.4) is 0 Å². The van der Waals surface area contributed by atoms with Gasteiger partial charge < -0.3 is 25.3 Å². The summed E-state index contributed by atoms with van der Waals surface area (Å²) in [7, 11) is 1.50. The Balaban J connectivity index is 2.15. The topological polar surface area (TPSA) is 108 Å². The number of carboxylic acid groups (broad SMARTS) is 1. The maximum Gasteiger partial charge on any atom is 0.257 e. The maximum atomic E-state index is 12.5. The Kier molecular flexibility index (Phi) is 6.11. The summed E-state index contributed by atoms with van der Waals surface area (Å²) in [6.07, 6.45) is -0.619. The van der Waals surface area contributed by atoms with Gasteiger partial charge in [0.1, 0.15) is 5.75 Å². The minimum atomic E-state index is -1.31. The van der Waals surface area contributed by atoms with Crippen molar-refractivity contribution in [1.82, 2.24) is 0 Å². The molecule has 0 saturated carbocycles. The molecule has 0 aliphatic carbocycles. The van der Waals surface area contributed by atoms with Crippen molar-refractivity contribution in [3.05, 3.63) is 54.1 Å². The molecule has 0 aromatic heterocycles. The Morgan fingerprint density at radius 3 is 2.24 bits per heavy atom. The number of methoxy groups -OCH3 is 1. The average Bonchev–Trinajstić information content (AvgIpc) is 2.61. The summed E-state index contributed by atoms with van der Waals surface area (Å²) >= 11 is 0. The lowest BCUT2D eigenvalue weighted by atomic mass is 10.1. The highest BCUT2D eigenvalue weighted by Gasteiger charge is 2.14. The first-order valence-electron chi connectivity index (χ1n) is 7.54. The third kappa shape index (κ3) is 5.07. The zero-order valence-electron chi connectivity index (χ0n) is 13.6. The average molecular weight is 341 g/mol. The monoisotopic (exact) mass is 341 g/mol. The van der Waals surface area contributed by atoms with Gasteiger partial charge in [0, 0.05) is 12.4 Å². The maximum absolute atomic E-state index is 12.5. The molecule has 0 unspecified atom stereocenters. The second-order valence-corrected chi connectivity index (χ2v) is 5.12. The molecule has 0 aliphatic heterocycles. The number of carboxylic acids is 1. The molecule has 2 amide bonds. The fraction of sp³-hybridized carbons (Fsp3) is 0.167. The van der Waals surface area contributed by atoms with Crippen molar-refractivity contribution in [3.63, 3.8) is 0 Å². The first kappa shape index (κ1) is 18.0. The van der Waals surface area contributed by atoms with Gasteiger partial charge >= 0.3 is 0 Å². The van der Waals surface area contributed by atoms with E-state index in [0.29, 0.717) is 17.1 Å². The second-order valence-electron chi connectivity index (χ2n) is 5.12. The van der Waals surface area contributed by atoms with Crippen molar-refractivity contribution >= 4 is 29.2 Å². The first-order chi connectivity index (χ1) is 12.0. The third-order valence-electron chi connectivity index (χ3n) is 3.36. The summed E-state index contributed by atoms with van der Waals surface area (Å²) < 4.78 is 5.19. The van der Waals surface area contributed by atoms with E-state index in [1.54, 1.807) is 48.5 Å².